The van der Waals surface area contributed by atoms with Crippen LogP contribution in [0, 0.1) is 11.3 Å². The number of rotatable bonds is 4. The van der Waals surface area contributed by atoms with E-state index in [9.17, 15) is 9.90 Å². The van der Waals surface area contributed by atoms with Crippen molar-refractivity contribution in [3.63, 3.8) is 0 Å². The van der Waals surface area contributed by atoms with Crippen LogP contribution in [0.15, 0.2) is 24.3 Å². The Balaban J connectivity index is 2.59. The smallest absolute Gasteiger partial charge is 0.226 e. The van der Waals surface area contributed by atoms with E-state index in [1.807, 2.05) is 6.07 Å². The van der Waals surface area contributed by atoms with Gasteiger partial charge in [0.15, 0.2) is 0 Å². The lowest BCUT2D eigenvalue weighted by atomic mass is 10.1. The van der Waals surface area contributed by atoms with E-state index in [-0.39, 0.29) is 12.3 Å². The van der Waals surface area contributed by atoms with Crippen molar-refractivity contribution in [3.8, 4) is 6.07 Å². The van der Waals surface area contributed by atoms with Gasteiger partial charge in [-0.15, -0.1) is 0 Å². The van der Waals surface area contributed by atoms with Gasteiger partial charge in [-0.25, -0.2) is 0 Å². The highest BCUT2D eigenvalue weighted by Gasteiger charge is 2.11. The van der Waals surface area contributed by atoms with Gasteiger partial charge in [0.25, 0.3) is 0 Å². The minimum atomic E-state index is -0.523. The number of carbonyl (C=O) groups is 1. The summed E-state index contributed by atoms with van der Waals surface area (Å²) in [7, 11) is 1.67. The van der Waals surface area contributed by atoms with Crippen LogP contribution in [0.5, 0.6) is 0 Å². The Kier molecular flexibility index (Phi) is 4.68. The summed E-state index contributed by atoms with van der Waals surface area (Å²) in [6.07, 6.45) is -0.237. The van der Waals surface area contributed by atoms with Crippen molar-refractivity contribution in [1.82, 2.24) is 4.90 Å². The number of likely N-dealkylation sites (N-methyl/N-ethyl adjacent to an activating group) is 1. The van der Waals surface area contributed by atoms with E-state index < -0.39 is 6.10 Å². The molecule has 0 fully saturated rings. The Morgan fingerprint density at radius 1 is 1.47 bits per heavy atom. The lowest BCUT2D eigenvalue weighted by Gasteiger charge is -2.18. The lowest BCUT2D eigenvalue weighted by molar-refractivity contribution is -0.130. The van der Waals surface area contributed by atoms with Crippen LogP contribution in [-0.2, 0) is 11.2 Å². The first-order valence-corrected chi connectivity index (χ1v) is 5.44. The average molecular weight is 232 g/mol. The van der Waals surface area contributed by atoms with E-state index in [2.05, 4.69) is 0 Å². The summed E-state index contributed by atoms with van der Waals surface area (Å²) in [5.74, 6) is -0.0457. The second kappa shape index (κ2) is 6.02. The lowest BCUT2D eigenvalue weighted by Crippen LogP contribution is -2.34. The molecule has 1 aromatic rings. The van der Waals surface area contributed by atoms with Gasteiger partial charge in [-0.05, 0) is 24.6 Å². The van der Waals surface area contributed by atoms with Gasteiger partial charge in [0, 0.05) is 13.6 Å². The molecule has 0 heterocycles. The first-order chi connectivity index (χ1) is 8.02. The van der Waals surface area contributed by atoms with Crippen LogP contribution in [0.3, 0.4) is 0 Å². The molecule has 90 valence electrons. The standard InChI is InChI=1S/C13H16N2O2/c1-10(16)9-15(2)13(17)7-11-3-5-12(8-14)6-4-11/h3-6,10,16H,7,9H2,1-2H3. The third-order valence-electron chi connectivity index (χ3n) is 2.40. The fourth-order valence-corrected chi connectivity index (χ4v) is 1.50. The summed E-state index contributed by atoms with van der Waals surface area (Å²) in [5.41, 5.74) is 1.45. The molecule has 0 aromatic heterocycles. The molecule has 0 aliphatic rings. The van der Waals surface area contributed by atoms with Gasteiger partial charge in [-0.2, -0.15) is 5.26 Å². The summed E-state index contributed by atoms with van der Waals surface area (Å²) in [5, 5.41) is 17.8. The molecule has 0 radical (unpaired) electrons. The molecule has 1 rings (SSSR count). The van der Waals surface area contributed by atoms with Gasteiger partial charge in [0.05, 0.1) is 24.2 Å². The van der Waals surface area contributed by atoms with E-state index in [0.717, 1.165) is 5.56 Å². The van der Waals surface area contributed by atoms with E-state index in [1.165, 1.54) is 4.90 Å². The normalized spacial score (nSPS) is 11.6. The monoisotopic (exact) mass is 232 g/mol. The number of nitriles is 1. The summed E-state index contributed by atoms with van der Waals surface area (Å²) >= 11 is 0. The SMILES string of the molecule is CC(O)CN(C)C(=O)Cc1ccc(C#N)cc1. The van der Waals surface area contributed by atoms with Gasteiger partial charge in [0.1, 0.15) is 0 Å². The molecule has 1 amide bonds. The topological polar surface area (TPSA) is 64.3 Å². The van der Waals surface area contributed by atoms with Gasteiger partial charge in [-0.3, -0.25) is 4.79 Å². The molecule has 17 heavy (non-hydrogen) atoms. The highest BCUT2D eigenvalue weighted by molar-refractivity contribution is 5.78. The van der Waals surface area contributed by atoms with Crippen molar-refractivity contribution in [2.45, 2.75) is 19.4 Å². The predicted molar refractivity (Wildman–Crippen MR) is 64.2 cm³/mol. The molecule has 1 aromatic carbocycles. The van der Waals surface area contributed by atoms with Crippen molar-refractivity contribution >= 4 is 5.91 Å². The summed E-state index contributed by atoms with van der Waals surface area (Å²) in [6, 6.07) is 8.95. The number of hydrogen-bond donors (Lipinski definition) is 1. The highest BCUT2D eigenvalue weighted by Crippen LogP contribution is 2.05. The van der Waals surface area contributed by atoms with Crippen molar-refractivity contribution in [2.75, 3.05) is 13.6 Å². The van der Waals surface area contributed by atoms with Crippen LogP contribution in [0.25, 0.3) is 0 Å². The maximum Gasteiger partial charge on any atom is 0.226 e. The number of benzene rings is 1. The molecule has 0 aliphatic heterocycles. The zero-order valence-corrected chi connectivity index (χ0v) is 10.1. The first kappa shape index (κ1) is 13.2. The van der Waals surface area contributed by atoms with Crippen LogP contribution in [0.1, 0.15) is 18.1 Å². The van der Waals surface area contributed by atoms with Crippen molar-refractivity contribution in [2.24, 2.45) is 0 Å². The van der Waals surface area contributed by atoms with Crippen LogP contribution < -0.4 is 0 Å². The molecule has 1 unspecified atom stereocenters. The molecule has 0 bridgehead atoms. The fraction of sp³-hybridized carbons (Fsp3) is 0.385. The predicted octanol–water partition coefficient (Wildman–Crippen LogP) is 0.940. The van der Waals surface area contributed by atoms with Crippen LogP contribution in [0.4, 0.5) is 0 Å². The van der Waals surface area contributed by atoms with Crippen molar-refractivity contribution < 1.29 is 9.90 Å². The Hall–Kier alpha value is -1.86. The second-order valence-corrected chi connectivity index (χ2v) is 4.11. The van der Waals surface area contributed by atoms with Crippen LogP contribution in [-0.4, -0.2) is 35.6 Å². The molecule has 0 spiro atoms. The van der Waals surface area contributed by atoms with Gasteiger partial charge < -0.3 is 10.0 Å². The average Bonchev–Trinajstić information content (AvgIpc) is 2.29. The Morgan fingerprint density at radius 3 is 2.53 bits per heavy atom. The van der Waals surface area contributed by atoms with Crippen molar-refractivity contribution in [3.05, 3.63) is 35.4 Å². The molecular weight excluding hydrogens is 216 g/mol. The van der Waals surface area contributed by atoms with Gasteiger partial charge in [-0.1, -0.05) is 12.1 Å². The Morgan fingerprint density at radius 2 is 2.06 bits per heavy atom. The third kappa shape index (κ3) is 4.25. The molecule has 0 saturated carbocycles. The number of nitrogens with zero attached hydrogens (tertiary/aromatic N) is 2. The van der Waals surface area contributed by atoms with Gasteiger partial charge >= 0.3 is 0 Å². The highest BCUT2D eigenvalue weighted by atomic mass is 16.3. The maximum atomic E-state index is 11.8. The third-order valence-corrected chi connectivity index (χ3v) is 2.40. The van der Waals surface area contributed by atoms with Crippen molar-refractivity contribution in [1.29, 1.82) is 5.26 Å². The zero-order valence-electron chi connectivity index (χ0n) is 10.1. The largest absolute Gasteiger partial charge is 0.392 e. The summed E-state index contributed by atoms with van der Waals surface area (Å²) in [6.45, 7) is 1.97. The Bertz CT molecular complexity index is 418. The minimum absolute atomic E-state index is 0.0457. The van der Waals surface area contributed by atoms with E-state index in [1.54, 1.807) is 38.2 Å². The van der Waals surface area contributed by atoms with Crippen LogP contribution >= 0.6 is 0 Å². The van der Waals surface area contributed by atoms with Gasteiger partial charge in [0.2, 0.25) is 5.91 Å². The second-order valence-electron chi connectivity index (χ2n) is 4.11. The summed E-state index contributed by atoms with van der Waals surface area (Å²) < 4.78 is 0. The van der Waals surface area contributed by atoms with E-state index in [0.29, 0.717) is 12.1 Å². The maximum absolute atomic E-state index is 11.8. The number of hydrogen-bond acceptors (Lipinski definition) is 3. The number of aliphatic hydroxyl groups excluding tert-OH is 1. The minimum Gasteiger partial charge on any atom is -0.392 e. The molecule has 4 heteroatoms. The zero-order chi connectivity index (χ0) is 12.8. The molecule has 1 atom stereocenters. The number of aliphatic hydroxyl groups is 1. The molecular formula is C13H16N2O2. The Labute approximate surface area is 101 Å². The summed E-state index contributed by atoms with van der Waals surface area (Å²) in [4.78, 5) is 13.3. The molecule has 0 aliphatic carbocycles. The van der Waals surface area contributed by atoms with E-state index >= 15 is 0 Å². The first-order valence-electron chi connectivity index (χ1n) is 5.44. The molecule has 1 N–H and O–H groups in total. The van der Waals surface area contributed by atoms with E-state index in [4.69, 9.17) is 5.26 Å². The molecule has 4 nitrogen and oxygen atoms in total. The number of amides is 1. The quantitative estimate of drug-likeness (QED) is 0.840. The van der Waals surface area contributed by atoms with Crippen LogP contribution in [0.2, 0.25) is 0 Å². The number of carbonyl (C=O) groups excluding carboxylic acids is 1. The fourth-order valence-electron chi connectivity index (χ4n) is 1.50. The molecule has 0 saturated heterocycles.